The first-order chi connectivity index (χ1) is 17.0. The molecule has 1 N–H and O–H groups in total. The molecule has 0 saturated carbocycles. The molecule has 1 saturated heterocycles. The number of aromatic nitrogens is 1. The van der Waals surface area contributed by atoms with Gasteiger partial charge >= 0.3 is 5.76 Å². The Morgan fingerprint density at radius 3 is 2.49 bits per heavy atom. The van der Waals surface area contributed by atoms with Crippen LogP contribution in [-0.2, 0) is 11.3 Å². The molecule has 7 nitrogen and oxygen atoms in total. The average molecular weight is 490 g/mol. The summed E-state index contributed by atoms with van der Waals surface area (Å²) >= 11 is 1.42. The van der Waals surface area contributed by atoms with Crippen molar-refractivity contribution in [3.63, 3.8) is 0 Å². The highest BCUT2D eigenvalue weighted by Crippen LogP contribution is 2.40. The third-order valence-electron chi connectivity index (χ3n) is 6.43. The zero-order valence-electron chi connectivity index (χ0n) is 19.6. The van der Waals surface area contributed by atoms with Crippen LogP contribution in [0.1, 0.15) is 41.6 Å². The predicted octanol–water partition coefficient (Wildman–Crippen LogP) is 5.29. The highest BCUT2D eigenvalue weighted by atomic mass is 32.1. The van der Waals surface area contributed by atoms with Crippen LogP contribution in [-0.4, -0.2) is 34.4 Å². The Morgan fingerprint density at radius 1 is 1.00 bits per heavy atom. The van der Waals surface area contributed by atoms with E-state index < -0.39 is 5.76 Å². The molecule has 2 aromatic heterocycles. The number of nitrogens with one attached hydrogen (secondary N) is 1. The number of carbonyl (C=O) groups excluding carboxylic acids is 2. The minimum atomic E-state index is -0.488. The van der Waals surface area contributed by atoms with Crippen LogP contribution in [0.3, 0.4) is 0 Å². The minimum Gasteiger partial charge on any atom is -0.408 e. The lowest BCUT2D eigenvalue weighted by atomic mass is 10.0. The van der Waals surface area contributed by atoms with Crippen molar-refractivity contribution in [1.29, 1.82) is 0 Å². The predicted molar refractivity (Wildman–Crippen MR) is 138 cm³/mol. The maximum Gasteiger partial charge on any atom is 0.419 e. The van der Waals surface area contributed by atoms with E-state index in [0.29, 0.717) is 21.7 Å². The molecule has 8 heteroatoms. The molecule has 1 aliphatic heterocycles. The fourth-order valence-electron chi connectivity index (χ4n) is 4.61. The van der Waals surface area contributed by atoms with Gasteiger partial charge in [-0.2, -0.15) is 0 Å². The van der Waals surface area contributed by atoms with Gasteiger partial charge in [0.2, 0.25) is 5.91 Å². The Kier molecular flexibility index (Phi) is 6.55. The normalized spacial score (nSPS) is 13.8. The summed E-state index contributed by atoms with van der Waals surface area (Å²) in [4.78, 5) is 41.6. The van der Waals surface area contributed by atoms with Crippen LogP contribution in [0.2, 0.25) is 0 Å². The Labute approximate surface area is 207 Å². The van der Waals surface area contributed by atoms with E-state index >= 15 is 0 Å². The standard InChI is InChI=1S/C27H27N3O4S/c1-18-23(26(32)29-15-8-3-9-16-29)25(35-24(18)19-10-4-2-5-11-19)28-22(31)14-17-30-20-12-6-7-13-21(20)34-27(30)33/h2,4-7,10-13H,3,8-9,14-17H2,1H3,(H,28,31). The highest BCUT2D eigenvalue weighted by molar-refractivity contribution is 7.20. The van der Waals surface area contributed by atoms with Crippen molar-refractivity contribution in [2.24, 2.45) is 0 Å². The number of anilines is 1. The van der Waals surface area contributed by atoms with Gasteiger partial charge in [-0.1, -0.05) is 42.5 Å². The molecule has 1 aliphatic rings. The van der Waals surface area contributed by atoms with Gasteiger partial charge in [0.1, 0.15) is 5.00 Å². The molecule has 0 radical (unpaired) electrons. The van der Waals surface area contributed by atoms with Crippen molar-refractivity contribution in [1.82, 2.24) is 9.47 Å². The minimum absolute atomic E-state index is 0.0343. The maximum atomic E-state index is 13.5. The van der Waals surface area contributed by atoms with Crippen LogP contribution in [0.15, 0.2) is 63.8 Å². The number of thiophene rings is 1. The second-order valence-corrected chi connectivity index (χ2v) is 9.79. The zero-order valence-corrected chi connectivity index (χ0v) is 20.4. The lowest BCUT2D eigenvalue weighted by molar-refractivity contribution is -0.116. The number of nitrogens with zero attached hydrogens (tertiary/aromatic N) is 2. The summed E-state index contributed by atoms with van der Waals surface area (Å²) in [5.74, 6) is -0.776. The number of benzene rings is 2. The van der Waals surface area contributed by atoms with Crippen molar-refractivity contribution in [3.05, 3.63) is 76.3 Å². The number of amides is 2. The summed E-state index contributed by atoms with van der Waals surface area (Å²) in [5.41, 5.74) is 3.61. The van der Waals surface area contributed by atoms with Crippen molar-refractivity contribution >= 4 is 39.3 Å². The number of para-hydroxylation sites is 2. The molecule has 1 fully saturated rings. The number of piperidine rings is 1. The Morgan fingerprint density at radius 2 is 1.71 bits per heavy atom. The van der Waals surface area contributed by atoms with E-state index in [4.69, 9.17) is 4.42 Å². The van der Waals surface area contributed by atoms with Crippen LogP contribution in [0.5, 0.6) is 0 Å². The fourth-order valence-corrected chi connectivity index (χ4v) is 5.83. The third-order valence-corrected chi connectivity index (χ3v) is 7.69. The molecule has 4 aromatic rings. The van der Waals surface area contributed by atoms with Crippen LogP contribution in [0, 0.1) is 6.92 Å². The smallest absolute Gasteiger partial charge is 0.408 e. The number of carbonyl (C=O) groups is 2. The first kappa shape index (κ1) is 23.1. The van der Waals surface area contributed by atoms with Crippen molar-refractivity contribution in [2.45, 2.75) is 39.2 Å². The topological polar surface area (TPSA) is 84.5 Å². The van der Waals surface area contributed by atoms with E-state index in [1.807, 2.05) is 48.2 Å². The van der Waals surface area contributed by atoms with Crippen LogP contribution >= 0.6 is 11.3 Å². The van der Waals surface area contributed by atoms with Gasteiger partial charge in [-0.3, -0.25) is 14.2 Å². The van der Waals surface area contributed by atoms with Gasteiger partial charge in [0.25, 0.3) is 5.91 Å². The van der Waals surface area contributed by atoms with Gasteiger partial charge in [0, 0.05) is 30.9 Å². The van der Waals surface area contributed by atoms with E-state index in [0.717, 1.165) is 48.4 Å². The van der Waals surface area contributed by atoms with Gasteiger partial charge in [-0.05, 0) is 49.4 Å². The summed E-state index contributed by atoms with van der Waals surface area (Å²) in [6, 6.07) is 17.0. The number of rotatable bonds is 6. The van der Waals surface area contributed by atoms with Crippen LogP contribution in [0.4, 0.5) is 5.00 Å². The monoisotopic (exact) mass is 489 g/mol. The zero-order chi connectivity index (χ0) is 24.4. The third kappa shape index (κ3) is 4.66. The fraction of sp³-hybridized carbons (Fsp3) is 0.296. The Bertz CT molecular complexity index is 1430. The van der Waals surface area contributed by atoms with E-state index in [-0.39, 0.29) is 24.8 Å². The second-order valence-electron chi connectivity index (χ2n) is 8.76. The van der Waals surface area contributed by atoms with E-state index in [1.54, 1.807) is 18.2 Å². The summed E-state index contributed by atoms with van der Waals surface area (Å²) in [6.07, 6.45) is 3.21. The number of fused-ring (bicyclic) bond motifs is 1. The van der Waals surface area contributed by atoms with Gasteiger partial charge in [-0.25, -0.2) is 4.79 Å². The lowest BCUT2D eigenvalue weighted by Crippen LogP contribution is -2.36. The van der Waals surface area contributed by atoms with E-state index in [9.17, 15) is 14.4 Å². The first-order valence-corrected chi connectivity index (χ1v) is 12.7. The molecule has 180 valence electrons. The molecule has 2 amide bonds. The molecule has 0 aliphatic carbocycles. The van der Waals surface area contributed by atoms with Gasteiger partial charge < -0.3 is 14.6 Å². The summed E-state index contributed by atoms with van der Waals surface area (Å²) < 4.78 is 6.73. The average Bonchev–Trinajstić information content (AvgIpc) is 3.38. The van der Waals surface area contributed by atoms with Crippen LogP contribution < -0.4 is 11.1 Å². The number of hydrogen-bond acceptors (Lipinski definition) is 5. The second kappa shape index (κ2) is 9.92. The maximum absolute atomic E-state index is 13.5. The quantitative estimate of drug-likeness (QED) is 0.399. The molecule has 0 bridgehead atoms. The summed E-state index contributed by atoms with van der Waals surface area (Å²) in [7, 11) is 0. The van der Waals surface area contributed by atoms with Crippen molar-refractivity contribution < 1.29 is 14.0 Å². The van der Waals surface area contributed by atoms with E-state index in [2.05, 4.69) is 5.32 Å². The highest BCUT2D eigenvalue weighted by Gasteiger charge is 2.27. The molecular formula is C27H27N3O4S. The molecule has 3 heterocycles. The summed E-state index contributed by atoms with van der Waals surface area (Å²) in [5, 5.41) is 3.54. The summed E-state index contributed by atoms with van der Waals surface area (Å²) in [6.45, 7) is 3.60. The number of aryl methyl sites for hydroxylation is 1. The van der Waals surface area contributed by atoms with E-state index in [1.165, 1.54) is 15.9 Å². The molecule has 5 rings (SSSR count). The number of likely N-dealkylation sites (tertiary alicyclic amines) is 1. The van der Waals surface area contributed by atoms with Gasteiger partial charge in [-0.15, -0.1) is 11.3 Å². The SMILES string of the molecule is Cc1c(-c2ccccc2)sc(NC(=O)CCn2c(=O)oc3ccccc32)c1C(=O)N1CCCCC1. The lowest BCUT2D eigenvalue weighted by Gasteiger charge is -2.27. The van der Waals surface area contributed by atoms with Crippen molar-refractivity contribution in [2.75, 3.05) is 18.4 Å². The van der Waals surface area contributed by atoms with Gasteiger partial charge in [0.05, 0.1) is 11.1 Å². The Balaban J connectivity index is 1.41. The van der Waals surface area contributed by atoms with Crippen LogP contribution in [0.25, 0.3) is 21.5 Å². The molecular weight excluding hydrogens is 462 g/mol. The first-order valence-electron chi connectivity index (χ1n) is 11.9. The molecule has 0 atom stereocenters. The molecule has 2 aromatic carbocycles. The van der Waals surface area contributed by atoms with Crippen molar-refractivity contribution in [3.8, 4) is 10.4 Å². The van der Waals surface area contributed by atoms with Gasteiger partial charge in [0.15, 0.2) is 5.58 Å². The molecule has 35 heavy (non-hydrogen) atoms. The molecule has 0 spiro atoms. The Hall–Kier alpha value is -3.65. The largest absolute Gasteiger partial charge is 0.419 e. The molecule has 0 unspecified atom stereocenters. The number of oxazole rings is 1. The number of hydrogen-bond donors (Lipinski definition) is 1.